The van der Waals surface area contributed by atoms with E-state index in [1.54, 1.807) is 12.1 Å². The molecule has 6 N–H and O–H groups in total. The molecule has 0 saturated heterocycles. The number of halogens is 1. The quantitative estimate of drug-likeness (QED) is 0.535. The van der Waals surface area contributed by atoms with Gasteiger partial charge in [0.15, 0.2) is 0 Å². The van der Waals surface area contributed by atoms with Crippen molar-refractivity contribution in [3.05, 3.63) is 40.2 Å². The minimum atomic E-state index is -0.266. The number of hydrogen-bond acceptors (Lipinski definition) is 4. The predicted octanol–water partition coefficient (Wildman–Crippen LogP) is 1.51. The molecular weight excluding hydrogens is 332 g/mol. The molecule has 7 heteroatoms. The molecule has 6 nitrogen and oxygen atoms in total. The third-order valence-electron chi connectivity index (χ3n) is 3.86. The smallest absolute Gasteiger partial charge is 0.248 e. The molecule has 0 aliphatic carbocycles. The number of phenolic OH excluding ortho intramolecular Hbond substituents is 1. The van der Waals surface area contributed by atoms with Gasteiger partial charge in [-0.2, -0.15) is 0 Å². The number of aromatic nitrogens is 1. The van der Waals surface area contributed by atoms with Crippen molar-refractivity contribution in [2.24, 2.45) is 0 Å². The van der Waals surface area contributed by atoms with Crippen molar-refractivity contribution in [1.82, 2.24) is 10.3 Å². The Morgan fingerprint density at radius 1 is 1.21 bits per heavy atom. The van der Waals surface area contributed by atoms with Crippen LogP contribution in [0.3, 0.4) is 0 Å². The van der Waals surface area contributed by atoms with Gasteiger partial charge < -0.3 is 26.0 Å². The number of benzene rings is 1. The molecule has 0 aliphatic rings. The molecule has 0 saturated carbocycles. The largest absolute Gasteiger partial charge is 0.506 e. The van der Waals surface area contributed by atoms with Crippen LogP contribution in [0.5, 0.6) is 5.75 Å². The zero-order valence-electron chi connectivity index (χ0n) is 13.8. The molecule has 136 valence electrons. The minimum Gasteiger partial charge on any atom is -0.506 e. The lowest BCUT2D eigenvalue weighted by Crippen LogP contribution is -2.26. The molecule has 24 heavy (non-hydrogen) atoms. The van der Waals surface area contributed by atoms with E-state index in [9.17, 15) is 15.0 Å². The van der Waals surface area contributed by atoms with Crippen LogP contribution in [-0.2, 0) is 6.42 Å². The first kappa shape index (κ1) is 22.4. The van der Waals surface area contributed by atoms with E-state index < -0.39 is 0 Å². The molecule has 0 spiro atoms. The summed E-state index contributed by atoms with van der Waals surface area (Å²) in [7, 11) is 0. The number of unbranched alkanes of at least 4 members (excludes halogenated alkanes) is 1. The van der Waals surface area contributed by atoms with Crippen LogP contribution in [0, 0.1) is 0 Å². The lowest BCUT2D eigenvalue weighted by Gasteiger charge is -2.10. The summed E-state index contributed by atoms with van der Waals surface area (Å²) in [6, 6.07) is 6.78. The van der Waals surface area contributed by atoms with Crippen LogP contribution in [-0.4, -0.2) is 39.9 Å². The number of aliphatic hydroxyl groups excluding tert-OH is 1. The van der Waals surface area contributed by atoms with E-state index in [0.29, 0.717) is 12.1 Å². The highest BCUT2D eigenvalue weighted by Crippen LogP contribution is 2.25. The van der Waals surface area contributed by atoms with Gasteiger partial charge in [-0.05, 0) is 49.9 Å². The van der Waals surface area contributed by atoms with Gasteiger partial charge >= 0.3 is 0 Å². The molecule has 0 radical (unpaired) electrons. The zero-order valence-corrected chi connectivity index (χ0v) is 14.7. The fourth-order valence-corrected chi connectivity index (χ4v) is 2.49. The van der Waals surface area contributed by atoms with E-state index in [2.05, 4.69) is 10.3 Å². The highest BCUT2D eigenvalue weighted by molar-refractivity contribution is 5.87. The second kappa shape index (κ2) is 11.0. The van der Waals surface area contributed by atoms with Crippen LogP contribution in [0.2, 0.25) is 0 Å². The summed E-state index contributed by atoms with van der Waals surface area (Å²) >= 11 is 0. The molecule has 2 aromatic rings. The molecule has 0 fully saturated rings. The minimum absolute atomic E-state index is 0. The van der Waals surface area contributed by atoms with Crippen molar-refractivity contribution in [1.29, 1.82) is 0 Å². The number of pyridine rings is 1. The Hall–Kier alpha value is -1.60. The van der Waals surface area contributed by atoms with Gasteiger partial charge in [0.2, 0.25) is 5.56 Å². The molecule has 0 amide bonds. The highest BCUT2D eigenvalue weighted by Gasteiger charge is 2.06. The van der Waals surface area contributed by atoms with Gasteiger partial charge in [0, 0.05) is 18.0 Å². The van der Waals surface area contributed by atoms with Crippen LogP contribution in [0.4, 0.5) is 0 Å². The molecule has 0 bridgehead atoms. The number of H-pyrrole nitrogens is 1. The Labute approximate surface area is 147 Å². The van der Waals surface area contributed by atoms with Gasteiger partial charge in [0.05, 0.1) is 11.6 Å². The van der Waals surface area contributed by atoms with Crippen LogP contribution < -0.4 is 10.9 Å². The second-order valence-electron chi connectivity index (χ2n) is 5.58. The Kier molecular flexibility index (Phi) is 10.3. The Bertz CT molecular complexity index is 675. The Balaban J connectivity index is 0.00000264. The summed E-state index contributed by atoms with van der Waals surface area (Å²) in [6.07, 6.45) is 3.42. The van der Waals surface area contributed by atoms with Crippen molar-refractivity contribution >= 4 is 23.3 Å². The maximum Gasteiger partial charge on any atom is 0.248 e. The SMILES string of the molecule is CCC(O)CNCCCCc1ccc(O)c2[nH]c(=O)ccc12.Cl.O. The lowest BCUT2D eigenvalue weighted by molar-refractivity contribution is 0.167. The molecular formula is C17H27ClN2O4. The zero-order chi connectivity index (χ0) is 15.9. The van der Waals surface area contributed by atoms with E-state index in [-0.39, 0.29) is 35.3 Å². The van der Waals surface area contributed by atoms with Gasteiger partial charge in [-0.25, -0.2) is 0 Å². The first-order valence-electron chi connectivity index (χ1n) is 7.84. The highest BCUT2D eigenvalue weighted by atomic mass is 35.5. The molecule has 1 unspecified atom stereocenters. The molecule has 0 aliphatic heterocycles. The van der Waals surface area contributed by atoms with Crippen LogP contribution >= 0.6 is 12.4 Å². The van der Waals surface area contributed by atoms with Crippen molar-refractivity contribution < 1.29 is 15.7 Å². The van der Waals surface area contributed by atoms with Gasteiger partial charge in [0.25, 0.3) is 0 Å². The van der Waals surface area contributed by atoms with E-state index in [1.807, 2.05) is 13.0 Å². The first-order chi connectivity index (χ1) is 10.6. The number of nitrogens with one attached hydrogen (secondary N) is 2. The van der Waals surface area contributed by atoms with Crippen LogP contribution in [0.25, 0.3) is 10.9 Å². The van der Waals surface area contributed by atoms with Crippen molar-refractivity contribution in [2.45, 2.75) is 38.7 Å². The average Bonchev–Trinajstić information content (AvgIpc) is 2.52. The number of phenols is 1. The monoisotopic (exact) mass is 358 g/mol. The van der Waals surface area contributed by atoms with Gasteiger partial charge in [0.1, 0.15) is 5.75 Å². The fraction of sp³-hybridized carbons (Fsp3) is 0.471. The standard InChI is InChI=1S/C17H24N2O3.ClH.H2O/c1-2-13(20)11-18-10-4-3-5-12-6-8-15(21)17-14(12)7-9-16(22)19-17;;/h6-9,13,18,20-21H,2-5,10-11H2,1H3,(H,19,22);1H;1H2. The third-order valence-corrected chi connectivity index (χ3v) is 3.86. The Morgan fingerprint density at radius 3 is 2.67 bits per heavy atom. The van der Waals surface area contributed by atoms with Crippen LogP contribution in [0.15, 0.2) is 29.1 Å². The summed E-state index contributed by atoms with van der Waals surface area (Å²) in [6.45, 7) is 3.48. The van der Waals surface area contributed by atoms with Crippen molar-refractivity contribution in [2.75, 3.05) is 13.1 Å². The maximum absolute atomic E-state index is 11.4. The number of fused-ring (bicyclic) bond motifs is 1. The molecule has 1 aromatic heterocycles. The summed E-state index contributed by atoms with van der Waals surface area (Å²) in [5, 5.41) is 23.4. The van der Waals surface area contributed by atoms with E-state index in [0.717, 1.165) is 43.2 Å². The molecule has 1 aromatic carbocycles. The number of hydrogen-bond donors (Lipinski definition) is 4. The normalized spacial score (nSPS) is 11.6. The summed E-state index contributed by atoms with van der Waals surface area (Å²) in [5.41, 5.74) is 1.42. The second-order valence-corrected chi connectivity index (χ2v) is 5.58. The summed E-state index contributed by atoms with van der Waals surface area (Å²) in [4.78, 5) is 14.0. The summed E-state index contributed by atoms with van der Waals surface area (Å²) in [5.74, 6) is 0.103. The molecule has 1 heterocycles. The fourth-order valence-electron chi connectivity index (χ4n) is 2.49. The van der Waals surface area contributed by atoms with E-state index in [4.69, 9.17) is 0 Å². The number of aromatic hydroxyl groups is 1. The molecule has 2 rings (SSSR count). The number of aryl methyl sites for hydroxylation is 1. The number of aromatic amines is 1. The van der Waals surface area contributed by atoms with Gasteiger partial charge in [-0.15, -0.1) is 12.4 Å². The van der Waals surface area contributed by atoms with E-state index >= 15 is 0 Å². The van der Waals surface area contributed by atoms with Gasteiger partial charge in [-0.1, -0.05) is 13.0 Å². The Morgan fingerprint density at radius 2 is 1.96 bits per heavy atom. The van der Waals surface area contributed by atoms with E-state index in [1.165, 1.54) is 6.07 Å². The summed E-state index contributed by atoms with van der Waals surface area (Å²) < 4.78 is 0. The topological polar surface area (TPSA) is 117 Å². The number of aliphatic hydroxyl groups is 1. The third kappa shape index (κ3) is 6.13. The number of rotatable bonds is 8. The van der Waals surface area contributed by atoms with Gasteiger partial charge in [-0.3, -0.25) is 4.79 Å². The first-order valence-corrected chi connectivity index (χ1v) is 7.84. The molecule has 1 atom stereocenters. The van der Waals surface area contributed by atoms with Crippen LogP contribution in [0.1, 0.15) is 31.7 Å². The predicted molar refractivity (Wildman–Crippen MR) is 99.2 cm³/mol. The average molecular weight is 359 g/mol. The lowest BCUT2D eigenvalue weighted by atomic mass is 10.0. The van der Waals surface area contributed by atoms with Crippen molar-refractivity contribution in [3.63, 3.8) is 0 Å². The maximum atomic E-state index is 11.4. The van der Waals surface area contributed by atoms with Crippen molar-refractivity contribution in [3.8, 4) is 5.75 Å².